The highest BCUT2D eigenvalue weighted by molar-refractivity contribution is 8.15. The van der Waals surface area contributed by atoms with Gasteiger partial charge >= 0.3 is 11.5 Å². The number of ether oxygens (including phenoxy) is 1. The van der Waals surface area contributed by atoms with Crippen molar-refractivity contribution >= 4 is 47.4 Å². The van der Waals surface area contributed by atoms with E-state index in [-0.39, 0.29) is 54.3 Å². The number of carbonyl (C=O) groups excluding carboxylic acids is 1. The van der Waals surface area contributed by atoms with Crippen molar-refractivity contribution in [2.75, 3.05) is 13.3 Å². The molecule has 0 unspecified atom stereocenters. The van der Waals surface area contributed by atoms with Crippen LogP contribution < -0.4 is 5.44 Å². The Morgan fingerprint density at radius 1 is 0.820 bits per heavy atom. The second kappa shape index (κ2) is 19.1. The Morgan fingerprint density at radius 3 is 1.34 bits per heavy atom. The summed E-state index contributed by atoms with van der Waals surface area (Å²) in [7, 11) is -8.45. The maximum atomic E-state index is 13.9. The van der Waals surface area contributed by atoms with Gasteiger partial charge in [-0.2, -0.15) is 13.2 Å². The molecular formula is C32H65F3N6O5P2S2. The second-order valence-corrected chi connectivity index (χ2v) is 23.0. The summed E-state index contributed by atoms with van der Waals surface area (Å²) in [6, 6.07) is 1.66. The maximum Gasteiger partial charge on any atom is 0.485 e. The Kier molecular flexibility index (Phi) is 18.8. The fraction of sp³-hybridized carbons (Fsp3) is 0.875. The molecule has 1 heterocycles. The average molecular weight is 797 g/mol. The molecule has 50 heavy (non-hydrogen) atoms. The lowest BCUT2D eigenvalue weighted by atomic mass is 10.3. The van der Waals surface area contributed by atoms with Crippen LogP contribution in [0.15, 0.2) is 6.20 Å². The first-order valence-corrected chi connectivity index (χ1v) is 23.5. The first-order valence-electron chi connectivity index (χ1n) is 17.3. The summed E-state index contributed by atoms with van der Waals surface area (Å²) in [6.45, 7) is 40.2. The van der Waals surface area contributed by atoms with Crippen LogP contribution in [0.5, 0.6) is 0 Å². The number of carbonyl (C=O) groups is 1. The minimum atomic E-state index is -6.09. The minimum Gasteiger partial charge on any atom is -0.741 e. The predicted octanol–water partition coefficient (Wildman–Crippen LogP) is 7.76. The lowest BCUT2D eigenvalue weighted by Gasteiger charge is -2.49. The Balaban J connectivity index is 0.00000265. The SMILES string of the molecule is CCOC(=O)c1cn([P+](C)(N(C(C)C)C(C)C)N(C(C)C)C(C)C)nc1P(=S)(N(C(C)C)C(C)C)N(C(C)C)C(C)C.O=S(=O)([O-])C(F)(F)F. The zero-order chi connectivity index (χ0) is 40.1. The summed E-state index contributed by atoms with van der Waals surface area (Å²) in [4.78, 5) is 13.9. The van der Waals surface area contributed by atoms with Gasteiger partial charge in [0.05, 0.1) is 12.8 Å². The first-order chi connectivity index (χ1) is 22.4. The molecule has 0 N–H and O–H groups in total. The fourth-order valence-electron chi connectivity index (χ4n) is 7.17. The first kappa shape index (κ1) is 49.3. The molecule has 11 nitrogen and oxygen atoms in total. The average Bonchev–Trinajstić information content (AvgIpc) is 3.33. The molecule has 1 aromatic heterocycles. The second-order valence-electron chi connectivity index (χ2n) is 14.6. The zero-order valence-corrected chi connectivity index (χ0v) is 36.9. The van der Waals surface area contributed by atoms with Crippen molar-refractivity contribution in [3.05, 3.63) is 11.8 Å². The van der Waals surface area contributed by atoms with Gasteiger partial charge in [0.15, 0.2) is 10.1 Å². The number of nitrogens with zero attached hydrogens (tertiary/aromatic N) is 6. The number of hydrogen-bond donors (Lipinski definition) is 0. The Labute approximate surface area is 307 Å². The van der Waals surface area contributed by atoms with Gasteiger partial charge in [-0.15, -0.1) is 18.9 Å². The standard InChI is InChI=1S/C31H65N6O2P2S.CHF3O3S/c1-19-39-31(38)29-20-33(40(18,34(21(2)3)22(4)5)35(23(6)7)24(8)9)32-30(29)41(42,36(25(10)11)26(12)13)37(27(14)15)28(16)17;2-1(3,4)8(5,6)7/h20-28H,19H2,1-18H3;(H,5,6,7)/q+1;/p-1. The van der Waals surface area contributed by atoms with Crippen LogP contribution >= 0.6 is 14.1 Å². The fourth-order valence-corrected chi connectivity index (χ4v) is 18.5. The van der Waals surface area contributed by atoms with E-state index in [1.54, 1.807) is 0 Å². The number of aromatic nitrogens is 2. The van der Waals surface area contributed by atoms with Gasteiger partial charge in [0, 0.05) is 48.3 Å². The highest BCUT2D eigenvalue weighted by Gasteiger charge is 2.56. The Morgan fingerprint density at radius 2 is 1.12 bits per heavy atom. The van der Waals surface area contributed by atoms with Gasteiger partial charge in [0.25, 0.3) is 7.71 Å². The van der Waals surface area contributed by atoms with E-state index >= 15 is 0 Å². The van der Waals surface area contributed by atoms with E-state index in [1.807, 2.05) is 13.1 Å². The van der Waals surface area contributed by atoms with Gasteiger partial charge in [0.2, 0.25) is 0 Å². The van der Waals surface area contributed by atoms with E-state index in [9.17, 15) is 18.0 Å². The molecule has 0 bridgehead atoms. The van der Waals surface area contributed by atoms with Crippen molar-refractivity contribution in [1.82, 2.24) is 28.2 Å². The smallest absolute Gasteiger partial charge is 0.485 e. The van der Waals surface area contributed by atoms with Gasteiger partial charge in [-0.25, -0.2) is 13.2 Å². The molecule has 1 aromatic rings. The van der Waals surface area contributed by atoms with Crippen LogP contribution in [0.3, 0.4) is 0 Å². The van der Waals surface area contributed by atoms with Crippen molar-refractivity contribution in [3.8, 4) is 0 Å². The molecule has 296 valence electrons. The van der Waals surface area contributed by atoms with Gasteiger partial charge in [0.1, 0.15) is 24.0 Å². The molecular weight excluding hydrogens is 731 g/mol. The highest BCUT2D eigenvalue weighted by atomic mass is 32.4. The summed E-state index contributed by atoms with van der Waals surface area (Å²) in [5, 5.41) is 5.54. The van der Waals surface area contributed by atoms with Crippen molar-refractivity contribution in [1.29, 1.82) is 0 Å². The van der Waals surface area contributed by atoms with Gasteiger partial charge in [-0.1, -0.05) is 11.8 Å². The molecule has 0 saturated carbocycles. The Bertz CT molecular complexity index is 1310. The largest absolute Gasteiger partial charge is 0.741 e. The minimum absolute atomic E-state index is 0.155. The van der Waals surface area contributed by atoms with Crippen LogP contribution in [0.2, 0.25) is 0 Å². The van der Waals surface area contributed by atoms with E-state index < -0.39 is 29.7 Å². The summed E-state index contributed by atoms with van der Waals surface area (Å²) in [6.07, 6.45) is -0.806. The van der Waals surface area contributed by atoms with E-state index in [0.29, 0.717) is 17.6 Å². The van der Waals surface area contributed by atoms with E-state index in [4.69, 9.17) is 34.6 Å². The highest BCUT2D eigenvalue weighted by Crippen LogP contribution is 2.66. The molecule has 1 rings (SSSR count). The molecule has 0 spiro atoms. The van der Waals surface area contributed by atoms with E-state index in [2.05, 4.69) is 141 Å². The predicted molar refractivity (Wildman–Crippen MR) is 205 cm³/mol. The van der Waals surface area contributed by atoms with Crippen LogP contribution in [0, 0.1) is 0 Å². The molecule has 0 aliphatic heterocycles. The zero-order valence-electron chi connectivity index (χ0n) is 33.5. The third-order valence-electron chi connectivity index (χ3n) is 7.86. The maximum absolute atomic E-state index is 13.9. The topological polar surface area (TPSA) is 114 Å². The summed E-state index contributed by atoms with van der Waals surface area (Å²) >= 11 is 6.95. The van der Waals surface area contributed by atoms with Crippen LogP contribution in [0.25, 0.3) is 0 Å². The summed E-state index contributed by atoms with van der Waals surface area (Å²) in [5.74, 6) is -0.347. The molecule has 0 saturated heterocycles. The lowest BCUT2D eigenvalue weighted by Crippen LogP contribution is -2.51. The molecule has 0 atom stereocenters. The summed E-state index contributed by atoms with van der Waals surface area (Å²) < 4.78 is 76.9. The van der Waals surface area contributed by atoms with Crippen molar-refractivity contribution < 1.29 is 35.7 Å². The number of halogens is 3. The van der Waals surface area contributed by atoms with Crippen molar-refractivity contribution in [2.24, 2.45) is 0 Å². The molecule has 18 heteroatoms. The van der Waals surface area contributed by atoms with Gasteiger partial charge < -0.3 is 9.29 Å². The number of rotatable bonds is 16. The van der Waals surface area contributed by atoms with Crippen molar-refractivity contribution in [2.45, 2.75) is 172 Å². The van der Waals surface area contributed by atoms with E-state index in [1.165, 1.54) is 0 Å². The molecule has 0 radical (unpaired) electrons. The molecule has 0 amide bonds. The number of alkyl halides is 3. The quantitative estimate of drug-likeness (QED) is 0.0708. The van der Waals surface area contributed by atoms with Crippen LogP contribution in [0.4, 0.5) is 13.2 Å². The molecule has 0 aliphatic rings. The summed E-state index contributed by atoms with van der Waals surface area (Å²) in [5.41, 5.74) is -4.44. The van der Waals surface area contributed by atoms with Gasteiger partial charge in [-0.3, -0.25) is 9.34 Å². The van der Waals surface area contributed by atoms with Crippen LogP contribution in [-0.2, 0) is 26.7 Å². The lowest BCUT2D eigenvalue weighted by molar-refractivity contribution is -0.0517. The van der Waals surface area contributed by atoms with Crippen LogP contribution in [-0.4, -0.2) is 114 Å². The normalized spacial score (nSPS) is 14.0. The molecule has 0 aromatic carbocycles. The Hall–Kier alpha value is -0.700. The number of esters is 1. The number of hydrogen-bond acceptors (Lipinski definition) is 9. The van der Waals surface area contributed by atoms with Crippen molar-refractivity contribution in [3.63, 3.8) is 0 Å². The third kappa shape index (κ3) is 11.2. The molecule has 0 aliphatic carbocycles. The molecule has 0 fully saturated rings. The van der Waals surface area contributed by atoms with Crippen LogP contribution in [0.1, 0.15) is 128 Å². The van der Waals surface area contributed by atoms with E-state index in [0.717, 1.165) is 0 Å². The van der Waals surface area contributed by atoms with Gasteiger partial charge in [-0.05, 0) is 118 Å². The monoisotopic (exact) mass is 796 g/mol. The third-order valence-corrected chi connectivity index (χ3v) is 18.6.